The zero-order valence-electron chi connectivity index (χ0n) is 15.5. The van der Waals surface area contributed by atoms with Gasteiger partial charge < -0.3 is 15.5 Å². The quantitative estimate of drug-likeness (QED) is 0.276. The SMILES string of the molecule is CN=C(NCCCCN(C)C(C)C)NCc1ccc(F)c(C)c1.I. The number of aryl methyl sites for hydroxylation is 1. The van der Waals surface area contributed by atoms with Crippen LogP contribution in [0.3, 0.4) is 0 Å². The summed E-state index contributed by atoms with van der Waals surface area (Å²) < 4.78 is 13.2. The largest absolute Gasteiger partial charge is 0.356 e. The molecule has 0 radical (unpaired) electrons. The van der Waals surface area contributed by atoms with Crippen LogP contribution in [-0.2, 0) is 6.54 Å². The number of halogens is 2. The Kier molecular flexibility index (Phi) is 12.0. The average molecular weight is 450 g/mol. The molecule has 0 aliphatic rings. The predicted molar refractivity (Wildman–Crippen MR) is 112 cm³/mol. The maximum Gasteiger partial charge on any atom is 0.191 e. The second-order valence-electron chi connectivity index (χ2n) is 6.22. The van der Waals surface area contributed by atoms with Crippen LogP contribution in [0.25, 0.3) is 0 Å². The molecule has 0 aliphatic heterocycles. The van der Waals surface area contributed by atoms with Crippen molar-refractivity contribution in [2.75, 3.05) is 27.2 Å². The Hall–Kier alpha value is -0.890. The summed E-state index contributed by atoms with van der Waals surface area (Å²) in [6, 6.07) is 5.76. The van der Waals surface area contributed by atoms with Gasteiger partial charge in [-0.2, -0.15) is 0 Å². The highest BCUT2D eigenvalue weighted by Gasteiger charge is 2.03. The van der Waals surface area contributed by atoms with E-state index < -0.39 is 0 Å². The van der Waals surface area contributed by atoms with E-state index in [2.05, 4.69) is 41.4 Å². The number of nitrogens with zero attached hydrogens (tertiary/aromatic N) is 2. The summed E-state index contributed by atoms with van der Waals surface area (Å²) in [5.74, 6) is 0.617. The van der Waals surface area contributed by atoms with Gasteiger partial charge in [0.1, 0.15) is 5.82 Å². The Labute approximate surface area is 163 Å². The molecule has 1 rings (SSSR count). The molecule has 0 unspecified atom stereocenters. The Bertz CT molecular complexity index is 506. The van der Waals surface area contributed by atoms with Crippen LogP contribution in [0.15, 0.2) is 23.2 Å². The van der Waals surface area contributed by atoms with Crippen molar-refractivity contribution in [2.24, 2.45) is 4.99 Å². The molecule has 0 aromatic heterocycles. The molecular formula is C18H32FIN4. The lowest BCUT2D eigenvalue weighted by molar-refractivity contribution is 0.268. The molecule has 1 aromatic rings. The first kappa shape index (κ1) is 23.1. The molecule has 0 saturated carbocycles. The van der Waals surface area contributed by atoms with Gasteiger partial charge in [0.2, 0.25) is 0 Å². The van der Waals surface area contributed by atoms with Crippen LogP contribution < -0.4 is 10.6 Å². The van der Waals surface area contributed by atoms with Gasteiger partial charge in [0, 0.05) is 26.2 Å². The van der Waals surface area contributed by atoms with Crippen molar-refractivity contribution in [2.45, 2.75) is 46.2 Å². The fourth-order valence-corrected chi connectivity index (χ4v) is 2.17. The van der Waals surface area contributed by atoms with Crippen molar-refractivity contribution in [1.29, 1.82) is 0 Å². The zero-order chi connectivity index (χ0) is 17.2. The molecular weight excluding hydrogens is 418 g/mol. The van der Waals surface area contributed by atoms with Gasteiger partial charge in [0.15, 0.2) is 5.96 Å². The monoisotopic (exact) mass is 450 g/mol. The smallest absolute Gasteiger partial charge is 0.191 e. The van der Waals surface area contributed by atoms with E-state index in [9.17, 15) is 4.39 Å². The minimum absolute atomic E-state index is 0. The summed E-state index contributed by atoms with van der Waals surface area (Å²) in [6.45, 7) is 8.84. The van der Waals surface area contributed by atoms with Crippen molar-refractivity contribution in [3.8, 4) is 0 Å². The standard InChI is InChI=1S/C18H31FN4.HI/c1-14(2)23(5)11-7-6-10-21-18(20-4)22-13-16-8-9-17(19)15(3)12-16;/h8-9,12,14H,6-7,10-11,13H2,1-5H3,(H2,20,21,22);1H. The molecule has 1 aromatic carbocycles. The molecule has 6 heteroatoms. The Balaban J connectivity index is 0.00000529. The third-order valence-electron chi connectivity index (χ3n) is 4.02. The van der Waals surface area contributed by atoms with Crippen LogP contribution in [0.4, 0.5) is 4.39 Å². The van der Waals surface area contributed by atoms with Crippen molar-refractivity contribution in [3.63, 3.8) is 0 Å². The maximum atomic E-state index is 13.2. The highest BCUT2D eigenvalue weighted by Crippen LogP contribution is 2.08. The Morgan fingerprint density at radius 1 is 1.25 bits per heavy atom. The van der Waals surface area contributed by atoms with Gasteiger partial charge in [0.25, 0.3) is 0 Å². The van der Waals surface area contributed by atoms with E-state index in [1.807, 2.05) is 6.07 Å². The first-order chi connectivity index (χ1) is 10.9. The van der Waals surface area contributed by atoms with E-state index in [1.54, 1.807) is 20.0 Å². The molecule has 24 heavy (non-hydrogen) atoms. The van der Waals surface area contributed by atoms with Crippen molar-refractivity contribution in [1.82, 2.24) is 15.5 Å². The summed E-state index contributed by atoms with van der Waals surface area (Å²) in [4.78, 5) is 6.57. The van der Waals surface area contributed by atoms with Crippen LogP contribution in [0.1, 0.15) is 37.8 Å². The number of nitrogens with one attached hydrogen (secondary N) is 2. The van der Waals surface area contributed by atoms with Gasteiger partial charge in [-0.05, 0) is 64.4 Å². The zero-order valence-corrected chi connectivity index (χ0v) is 17.9. The first-order valence-electron chi connectivity index (χ1n) is 8.33. The minimum Gasteiger partial charge on any atom is -0.356 e. The van der Waals surface area contributed by atoms with E-state index in [0.29, 0.717) is 18.2 Å². The number of unbranched alkanes of at least 4 members (excludes halogenated alkanes) is 1. The number of aliphatic imine (C=N–C) groups is 1. The average Bonchev–Trinajstić information content (AvgIpc) is 2.52. The highest BCUT2D eigenvalue weighted by atomic mass is 127. The molecule has 0 aliphatic carbocycles. The molecule has 0 bridgehead atoms. The second kappa shape index (κ2) is 12.5. The topological polar surface area (TPSA) is 39.7 Å². The summed E-state index contributed by atoms with van der Waals surface area (Å²) in [5.41, 5.74) is 1.71. The second-order valence-corrected chi connectivity index (χ2v) is 6.22. The predicted octanol–water partition coefficient (Wildman–Crippen LogP) is 3.54. The lowest BCUT2D eigenvalue weighted by atomic mass is 10.1. The third kappa shape index (κ3) is 8.82. The van der Waals surface area contributed by atoms with Gasteiger partial charge in [-0.25, -0.2) is 4.39 Å². The van der Waals surface area contributed by atoms with Crippen LogP contribution >= 0.6 is 24.0 Å². The highest BCUT2D eigenvalue weighted by molar-refractivity contribution is 14.0. The molecule has 138 valence electrons. The molecule has 2 N–H and O–H groups in total. The fourth-order valence-electron chi connectivity index (χ4n) is 2.17. The van der Waals surface area contributed by atoms with Crippen LogP contribution in [0, 0.1) is 12.7 Å². The fraction of sp³-hybridized carbons (Fsp3) is 0.611. The summed E-state index contributed by atoms with van der Waals surface area (Å²) >= 11 is 0. The van der Waals surface area contributed by atoms with E-state index in [0.717, 1.165) is 37.5 Å². The minimum atomic E-state index is -0.164. The van der Waals surface area contributed by atoms with Crippen LogP contribution in [0.2, 0.25) is 0 Å². The lowest BCUT2D eigenvalue weighted by Gasteiger charge is -2.20. The van der Waals surface area contributed by atoms with E-state index in [4.69, 9.17) is 0 Å². The van der Waals surface area contributed by atoms with Crippen LogP contribution in [-0.4, -0.2) is 44.1 Å². The molecule has 0 heterocycles. The molecule has 4 nitrogen and oxygen atoms in total. The van der Waals surface area contributed by atoms with E-state index in [1.165, 1.54) is 6.07 Å². The Morgan fingerprint density at radius 2 is 1.96 bits per heavy atom. The number of guanidine groups is 1. The van der Waals surface area contributed by atoms with Crippen LogP contribution in [0.5, 0.6) is 0 Å². The molecule has 0 spiro atoms. The third-order valence-corrected chi connectivity index (χ3v) is 4.02. The summed E-state index contributed by atoms with van der Waals surface area (Å²) in [6.07, 6.45) is 2.27. The molecule has 0 amide bonds. The van der Waals surface area contributed by atoms with Gasteiger partial charge in [-0.1, -0.05) is 12.1 Å². The van der Waals surface area contributed by atoms with Crippen molar-refractivity contribution in [3.05, 3.63) is 35.1 Å². The van der Waals surface area contributed by atoms with Crippen molar-refractivity contribution >= 4 is 29.9 Å². The van der Waals surface area contributed by atoms with Gasteiger partial charge in [0.05, 0.1) is 0 Å². The maximum absolute atomic E-state index is 13.2. The van der Waals surface area contributed by atoms with E-state index >= 15 is 0 Å². The van der Waals surface area contributed by atoms with Crippen molar-refractivity contribution < 1.29 is 4.39 Å². The Morgan fingerprint density at radius 3 is 2.54 bits per heavy atom. The summed E-state index contributed by atoms with van der Waals surface area (Å²) in [5, 5.41) is 6.57. The summed E-state index contributed by atoms with van der Waals surface area (Å²) in [7, 11) is 3.92. The molecule has 0 fully saturated rings. The van der Waals surface area contributed by atoms with Gasteiger partial charge in [-0.3, -0.25) is 4.99 Å². The molecule has 0 saturated heterocycles. The van der Waals surface area contributed by atoms with E-state index in [-0.39, 0.29) is 29.8 Å². The number of benzene rings is 1. The first-order valence-corrected chi connectivity index (χ1v) is 8.33. The number of rotatable bonds is 8. The van der Waals surface area contributed by atoms with Gasteiger partial charge in [-0.15, -0.1) is 24.0 Å². The number of hydrogen-bond donors (Lipinski definition) is 2. The number of hydrogen-bond acceptors (Lipinski definition) is 2. The molecule has 0 atom stereocenters. The van der Waals surface area contributed by atoms with Gasteiger partial charge >= 0.3 is 0 Å². The lowest BCUT2D eigenvalue weighted by Crippen LogP contribution is -2.37. The normalized spacial score (nSPS) is 11.6.